The molecular formula is C24H22N4O3S2. The average Bonchev–Trinajstić information content (AvgIpc) is 3.55. The molecule has 5 rings (SSSR count). The molecule has 0 unspecified atom stereocenters. The largest absolute Gasteiger partial charge is 0.348 e. The third kappa shape index (κ3) is 4.47. The first-order valence-electron chi connectivity index (χ1n) is 10.5. The minimum absolute atomic E-state index is 0.136. The third-order valence-electron chi connectivity index (χ3n) is 5.67. The van der Waals surface area contributed by atoms with Crippen LogP contribution in [0.5, 0.6) is 0 Å². The molecule has 1 aliphatic rings. The van der Waals surface area contributed by atoms with E-state index in [0.717, 1.165) is 16.8 Å². The van der Waals surface area contributed by atoms with Gasteiger partial charge in [-0.05, 0) is 65.4 Å². The van der Waals surface area contributed by atoms with Crippen LogP contribution in [0.2, 0.25) is 0 Å². The van der Waals surface area contributed by atoms with Crippen molar-refractivity contribution in [3.8, 4) is 5.69 Å². The number of rotatable bonds is 6. The maximum Gasteiger partial charge on any atom is 0.251 e. The van der Waals surface area contributed by atoms with E-state index in [1.807, 2.05) is 48.0 Å². The minimum Gasteiger partial charge on any atom is -0.348 e. The Labute approximate surface area is 196 Å². The van der Waals surface area contributed by atoms with Gasteiger partial charge in [-0.3, -0.25) is 4.79 Å². The van der Waals surface area contributed by atoms with E-state index in [-0.39, 0.29) is 10.8 Å². The second kappa shape index (κ2) is 8.93. The second-order valence-corrected chi connectivity index (χ2v) is 10.7. The van der Waals surface area contributed by atoms with Gasteiger partial charge in [-0.25, -0.2) is 13.1 Å². The Balaban J connectivity index is 1.26. The van der Waals surface area contributed by atoms with E-state index in [1.165, 1.54) is 15.2 Å². The SMILES string of the molecule is O=C(NCc1ccc(-n2cccn2)cc1)c1cccc(S(=O)(=O)N2CCc3sccc3C2)c1. The molecule has 7 nitrogen and oxygen atoms in total. The molecule has 0 fully saturated rings. The van der Waals surface area contributed by atoms with Gasteiger partial charge in [0.15, 0.2) is 0 Å². The summed E-state index contributed by atoms with van der Waals surface area (Å²) < 4.78 is 29.6. The number of hydrogen-bond acceptors (Lipinski definition) is 5. The minimum atomic E-state index is -3.68. The molecule has 0 bridgehead atoms. The van der Waals surface area contributed by atoms with Crippen LogP contribution in [0.1, 0.15) is 26.4 Å². The molecule has 1 aliphatic heterocycles. The molecule has 0 atom stereocenters. The number of fused-ring (bicyclic) bond motifs is 1. The number of sulfonamides is 1. The standard InChI is InChI=1S/C24H22N4O3S2/c29-24(25-16-18-5-7-21(8-6-18)28-12-2-11-26-28)19-3-1-4-22(15-19)33(30,31)27-13-9-23-20(17-27)10-14-32-23/h1-8,10-12,14-15H,9,13,16-17H2,(H,25,29). The van der Waals surface area contributed by atoms with Crippen molar-refractivity contribution < 1.29 is 13.2 Å². The summed E-state index contributed by atoms with van der Waals surface area (Å²) in [5, 5.41) is 9.06. The summed E-state index contributed by atoms with van der Waals surface area (Å²) in [4.78, 5) is 14.1. The molecule has 0 radical (unpaired) electrons. The Morgan fingerprint density at radius 1 is 1.09 bits per heavy atom. The van der Waals surface area contributed by atoms with E-state index < -0.39 is 10.0 Å². The number of carbonyl (C=O) groups is 1. The summed E-state index contributed by atoms with van der Waals surface area (Å²) in [5.41, 5.74) is 3.24. The van der Waals surface area contributed by atoms with E-state index >= 15 is 0 Å². The third-order valence-corrected chi connectivity index (χ3v) is 8.53. The number of amides is 1. The first kappa shape index (κ1) is 21.6. The van der Waals surface area contributed by atoms with Gasteiger partial charge in [-0.15, -0.1) is 11.3 Å². The predicted molar refractivity (Wildman–Crippen MR) is 127 cm³/mol. The number of benzene rings is 2. The van der Waals surface area contributed by atoms with Gasteiger partial charge in [-0.2, -0.15) is 9.40 Å². The summed E-state index contributed by atoms with van der Waals surface area (Å²) >= 11 is 1.67. The Morgan fingerprint density at radius 2 is 1.94 bits per heavy atom. The summed E-state index contributed by atoms with van der Waals surface area (Å²) in [6.07, 6.45) is 4.29. The highest BCUT2D eigenvalue weighted by atomic mass is 32.2. The van der Waals surface area contributed by atoms with Crippen molar-refractivity contribution in [1.29, 1.82) is 0 Å². The molecule has 0 saturated carbocycles. The lowest BCUT2D eigenvalue weighted by Crippen LogP contribution is -2.35. The van der Waals surface area contributed by atoms with Crippen LogP contribution < -0.4 is 5.32 Å². The monoisotopic (exact) mass is 478 g/mol. The number of thiophene rings is 1. The number of nitrogens with one attached hydrogen (secondary N) is 1. The fourth-order valence-electron chi connectivity index (χ4n) is 3.85. The van der Waals surface area contributed by atoms with Crippen LogP contribution in [0.4, 0.5) is 0 Å². The quantitative estimate of drug-likeness (QED) is 0.459. The van der Waals surface area contributed by atoms with Crippen molar-refractivity contribution in [2.75, 3.05) is 6.54 Å². The van der Waals surface area contributed by atoms with Gasteiger partial charge in [0.2, 0.25) is 10.0 Å². The fraction of sp³-hybridized carbons (Fsp3) is 0.167. The molecule has 9 heteroatoms. The first-order chi connectivity index (χ1) is 16.0. The van der Waals surface area contributed by atoms with Gasteiger partial charge in [-0.1, -0.05) is 18.2 Å². The molecule has 3 heterocycles. The molecule has 168 valence electrons. The fourth-order valence-corrected chi connectivity index (χ4v) is 6.20. The van der Waals surface area contributed by atoms with Crippen LogP contribution in [-0.4, -0.2) is 35.0 Å². The lowest BCUT2D eigenvalue weighted by molar-refractivity contribution is 0.0950. The topological polar surface area (TPSA) is 84.3 Å². The normalized spacial score (nSPS) is 14.1. The van der Waals surface area contributed by atoms with Crippen molar-refractivity contribution in [3.05, 3.63) is 100 Å². The van der Waals surface area contributed by atoms with E-state index in [4.69, 9.17) is 0 Å². The molecule has 0 aliphatic carbocycles. The molecule has 1 amide bonds. The van der Waals surface area contributed by atoms with E-state index in [2.05, 4.69) is 10.4 Å². The van der Waals surface area contributed by atoms with Gasteiger partial charge in [0.05, 0.1) is 10.6 Å². The summed E-state index contributed by atoms with van der Waals surface area (Å²) in [5.74, 6) is -0.318. The molecule has 0 saturated heterocycles. The Bertz CT molecular complexity index is 1380. The smallest absolute Gasteiger partial charge is 0.251 e. The lowest BCUT2D eigenvalue weighted by atomic mass is 10.1. The maximum absolute atomic E-state index is 13.2. The number of aromatic nitrogens is 2. The van der Waals surface area contributed by atoms with Crippen LogP contribution in [0.15, 0.2) is 83.3 Å². The summed E-state index contributed by atoms with van der Waals surface area (Å²) in [7, 11) is -3.68. The molecule has 4 aromatic rings. The van der Waals surface area contributed by atoms with E-state index in [9.17, 15) is 13.2 Å². The number of carbonyl (C=O) groups excluding carboxylic acids is 1. The van der Waals surface area contributed by atoms with Gasteiger partial charge in [0, 0.05) is 42.5 Å². The van der Waals surface area contributed by atoms with Gasteiger partial charge < -0.3 is 5.32 Å². The molecule has 0 spiro atoms. The lowest BCUT2D eigenvalue weighted by Gasteiger charge is -2.26. The summed E-state index contributed by atoms with van der Waals surface area (Å²) in [6.45, 7) is 1.15. The maximum atomic E-state index is 13.2. The summed E-state index contributed by atoms with van der Waals surface area (Å²) in [6, 6.07) is 17.8. The van der Waals surface area contributed by atoms with Gasteiger partial charge >= 0.3 is 0 Å². The Kier molecular flexibility index (Phi) is 5.84. The van der Waals surface area contributed by atoms with Gasteiger partial charge in [0.25, 0.3) is 5.91 Å². The highest BCUT2D eigenvalue weighted by molar-refractivity contribution is 7.89. The average molecular weight is 479 g/mol. The molecule has 2 aromatic heterocycles. The van der Waals surface area contributed by atoms with Crippen LogP contribution in [0.25, 0.3) is 5.69 Å². The zero-order valence-corrected chi connectivity index (χ0v) is 19.3. The highest BCUT2D eigenvalue weighted by Crippen LogP contribution is 2.28. The van der Waals surface area contributed by atoms with Crippen LogP contribution >= 0.6 is 11.3 Å². The van der Waals surface area contributed by atoms with Crippen molar-refractivity contribution in [2.24, 2.45) is 0 Å². The molecule has 1 N–H and O–H groups in total. The van der Waals surface area contributed by atoms with Crippen LogP contribution in [-0.2, 0) is 29.5 Å². The highest BCUT2D eigenvalue weighted by Gasteiger charge is 2.29. The van der Waals surface area contributed by atoms with E-state index in [1.54, 1.807) is 40.4 Å². The van der Waals surface area contributed by atoms with Crippen molar-refractivity contribution in [2.45, 2.75) is 24.4 Å². The Morgan fingerprint density at radius 3 is 2.73 bits per heavy atom. The second-order valence-electron chi connectivity index (χ2n) is 7.79. The van der Waals surface area contributed by atoms with Crippen molar-refractivity contribution >= 4 is 27.3 Å². The zero-order valence-electron chi connectivity index (χ0n) is 17.7. The van der Waals surface area contributed by atoms with Gasteiger partial charge in [0.1, 0.15) is 0 Å². The van der Waals surface area contributed by atoms with Crippen molar-refractivity contribution in [3.63, 3.8) is 0 Å². The van der Waals surface area contributed by atoms with Crippen molar-refractivity contribution in [1.82, 2.24) is 19.4 Å². The van der Waals surface area contributed by atoms with Crippen LogP contribution in [0.3, 0.4) is 0 Å². The Hall–Kier alpha value is -3.27. The first-order valence-corrected chi connectivity index (χ1v) is 12.9. The molecule has 2 aromatic carbocycles. The van der Waals surface area contributed by atoms with E-state index in [0.29, 0.717) is 31.6 Å². The van der Waals surface area contributed by atoms with Crippen LogP contribution in [0, 0.1) is 0 Å². The predicted octanol–water partition coefficient (Wildman–Crippen LogP) is 3.61. The molecule has 33 heavy (non-hydrogen) atoms. The number of nitrogens with zero attached hydrogens (tertiary/aromatic N) is 3. The number of hydrogen-bond donors (Lipinski definition) is 1. The zero-order chi connectivity index (χ0) is 22.8. The molecular weight excluding hydrogens is 456 g/mol.